The third kappa shape index (κ3) is 3.64. The summed E-state index contributed by atoms with van der Waals surface area (Å²) in [7, 11) is 0. The smallest absolute Gasteiger partial charge is 0.139 e. The van der Waals surface area contributed by atoms with Crippen LogP contribution in [0.1, 0.15) is 11.1 Å². The quantitative estimate of drug-likeness (QED) is 0.525. The summed E-state index contributed by atoms with van der Waals surface area (Å²) in [5, 5.41) is 9.00. The summed E-state index contributed by atoms with van der Waals surface area (Å²) < 4.78 is 0. The largest absolute Gasteiger partial charge is 0.287 e. The van der Waals surface area contributed by atoms with Crippen LogP contribution in [-0.2, 0) is 6.54 Å². The van der Waals surface area contributed by atoms with Gasteiger partial charge in [0.1, 0.15) is 12.7 Å². The second-order valence-corrected chi connectivity index (χ2v) is 6.11. The lowest BCUT2D eigenvalue weighted by atomic mass is 10.0. The molecule has 0 saturated heterocycles. The number of hydrogen-bond acceptors (Lipinski definition) is 3. The van der Waals surface area contributed by atoms with Gasteiger partial charge in [0.2, 0.25) is 0 Å². The highest BCUT2D eigenvalue weighted by atomic mass is 15.7. The Kier molecular flexibility index (Phi) is 4.74. The maximum atomic E-state index is 4.32. The minimum Gasteiger partial charge on any atom is -0.287 e. The van der Waals surface area contributed by atoms with Gasteiger partial charge in [-0.05, 0) is 21.9 Å². The predicted octanol–water partition coefficient (Wildman–Crippen LogP) is 4.28. The first kappa shape index (κ1) is 16.1. The van der Waals surface area contributed by atoms with Gasteiger partial charge in [0.05, 0.1) is 13.1 Å². The van der Waals surface area contributed by atoms with Crippen LogP contribution in [0.15, 0.2) is 91.5 Å². The van der Waals surface area contributed by atoms with Gasteiger partial charge in [-0.25, -0.2) is 4.98 Å². The van der Waals surface area contributed by atoms with Crippen molar-refractivity contribution in [3.8, 4) is 0 Å². The predicted molar refractivity (Wildman–Crippen MR) is 106 cm³/mol. The Hall–Kier alpha value is -3.40. The zero-order valence-electron chi connectivity index (χ0n) is 14.4. The van der Waals surface area contributed by atoms with E-state index in [9.17, 15) is 0 Å². The molecule has 0 amide bonds. The van der Waals surface area contributed by atoms with Gasteiger partial charge in [-0.2, -0.15) is 4.79 Å². The second kappa shape index (κ2) is 7.66. The lowest BCUT2D eigenvalue weighted by Crippen LogP contribution is -2.34. The van der Waals surface area contributed by atoms with Crippen LogP contribution in [0, 0.1) is 0 Å². The van der Waals surface area contributed by atoms with E-state index in [1.807, 2.05) is 18.2 Å². The minimum atomic E-state index is 0.738. The normalized spacial score (nSPS) is 11.2. The molecule has 4 nitrogen and oxygen atoms in total. The highest BCUT2D eigenvalue weighted by Crippen LogP contribution is 2.19. The molecule has 0 radical (unpaired) electrons. The zero-order valence-corrected chi connectivity index (χ0v) is 14.4. The van der Waals surface area contributed by atoms with Crippen LogP contribution in [0.3, 0.4) is 0 Å². The fourth-order valence-corrected chi connectivity index (χ4v) is 3.07. The SMILES string of the molecule is C(=C\c1ccccc1)/CN(Cc1cccc2ccccc12)n1cncn1. The molecule has 0 spiro atoms. The molecule has 128 valence electrons. The lowest BCUT2D eigenvalue weighted by Gasteiger charge is -2.23. The number of rotatable bonds is 6. The molecule has 1 aromatic heterocycles. The average Bonchev–Trinajstić information content (AvgIpc) is 3.23. The molecular weight excluding hydrogens is 320 g/mol. The Balaban J connectivity index is 1.59. The third-order valence-electron chi connectivity index (χ3n) is 4.36. The van der Waals surface area contributed by atoms with E-state index in [2.05, 4.69) is 81.8 Å². The number of benzene rings is 3. The monoisotopic (exact) mass is 340 g/mol. The first-order valence-corrected chi connectivity index (χ1v) is 8.68. The van der Waals surface area contributed by atoms with Crippen molar-refractivity contribution in [2.75, 3.05) is 11.6 Å². The van der Waals surface area contributed by atoms with Crippen LogP contribution < -0.4 is 5.01 Å². The number of hydrogen-bond donors (Lipinski definition) is 0. The van der Waals surface area contributed by atoms with Gasteiger partial charge in [-0.1, -0.05) is 84.9 Å². The molecule has 4 heteroatoms. The second-order valence-electron chi connectivity index (χ2n) is 6.11. The van der Waals surface area contributed by atoms with Gasteiger partial charge < -0.3 is 0 Å². The minimum absolute atomic E-state index is 0.738. The Morgan fingerprint density at radius 3 is 2.54 bits per heavy atom. The molecule has 0 aliphatic heterocycles. The van der Waals surface area contributed by atoms with E-state index >= 15 is 0 Å². The molecule has 0 aliphatic rings. The molecule has 26 heavy (non-hydrogen) atoms. The Labute approximate surface area is 153 Å². The maximum Gasteiger partial charge on any atom is 0.139 e. The van der Waals surface area contributed by atoms with E-state index in [1.54, 1.807) is 17.4 Å². The molecule has 0 aliphatic carbocycles. The molecule has 0 N–H and O–H groups in total. The van der Waals surface area contributed by atoms with Crippen molar-refractivity contribution in [3.63, 3.8) is 0 Å². The van der Waals surface area contributed by atoms with Crippen molar-refractivity contribution in [3.05, 3.63) is 103 Å². The Morgan fingerprint density at radius 2 is 1.69 bits per heavy atom. The van der Waals surface area contributed by atoms with E-state index in [0.717, 1.165) is 13.1 Å². The Bertz CT molecular complexity index is 986. The third-order valence-corrected chi connectivity index (χ3v) is 4.36. The molecule has 0 saturated carbocycles. The molecule has 4 rings (SSSR count). The summed E-state index contributed by atoms with van der Waals surface area (Å²) in [6, 6.07) is 25.2. The molecule has 0 atom stereocenters. The fraction of sp³-hybridized carbons (Fsp3) is 0.0909. The van der Waals surface area contributed by atoms with Crippen molar-refractivity contribution >= 4 is 16.8 Å². The zero-order chi connectivity index (χ0) is 17.6. The van der Waals surface area contributed by atoms with Crippen molar-refractivity contribution in [2.45, 2.75) is 6.54 Å². The van der Waals surface area contributed by atoms with Gasteiger partial charge in [0.25, 0.3) is 0 Å². The van der Waals surface area contributed by atoms with Crippen molar-refractivity contribution in [1.82, 2.24) is 14.9 Å². The molecular formula is C22H20N4. The van der Waals surface area contributed by atoms with Gasteiger partial charge in [0.15, 0.2) is 0 Å². The first-order chi connectivity index (χ1) is 12.9. The van der Waals surface area contributed by atoms with E-state index in [1.165, 1.54) is 21.9 Å². The highest BCUT2D eigenvalue weighted by molar-refractivity contribution is 5.85. The van der Waals surface area contributed by atoms with E-state index < -0.39 is 0 Å². The summed E-state index contributed by atoms with van der Waals surface area (Å²) in [6.45, 7) is 1.49. The molecule has 0 unspecified atom stereocenters. The van der Waals surface area contributed by atoms with E-state index in [0.29, 0.717) is 0 Å². The van der Waals surface area contributed by atoms with Crippen molar-refractivity contribution in [2.24, 2.45) is 0 Å². The molecule has 0 bridgehead atoms. The van der Waals surface area contributed by atoms with Crippen molar-refractivity contribution in [1.29, 1.82) is 0 Å². The summed E-state index contributed by atoms with van der Waals surface area (Å²) in [5.41, 5.74) is 2.46. The standard InChI is InChI=1S/C22H20N4/c1-2-8-19(9-3-1)10-7-15-25(26-18-23-17-24-26)16-21-13-6-12-20-11-4-5-14-22(20)21/h1-14,17-18H,15-16H2/b10-7+. The maximum absolute atomic E-state index is 4.32. The average molecular weight is 340 g/mol. The van der Waals surface area contributed by atoms with Crippen LogP contribution in [-0.4, -0.2) is 21.4 Å². The number of aromatic nitrogens is 3. The highest BCUT2D eigenvalue weighted by Gasteiger charge is 2.08. The summed E-state index contributed by atoms with van der Waals surface area (Å²) >= 11 is 0. The summed E-state index contributed by atoms with van der Waals surface area (Å²) in [4.78, 5) is 5.90. The van der Waals surface area contributed by atoms with Crippen LogP contribution >= 0.6 is 0 Å². The Morgan fingerprint density at radius 1 is 0.885 bits per heavy atom. The summed E-state index contributed by atoms with van der Waals surface area (Å²) in [5.74, 6) is 0. The lowest BCUT2D eigenvalue weighted by molar-refractivity contribution is 0.553. The molecule has 1 heterocycles. The van der Waals surface area contributed by atoms with Crippen molar-refractivity contribution < 1.29 is 0 Å². The fourth-order valence-electron chi connectivity index (χ4n) is 3.07. The van der Waals surface area contributed by atoms with E-state index in [4.69, 9.17) is 0 Å². The molecule has 0 fully saturated rings. The molecule has 3 aromatic carbocycles. The van der Waals surface area contributed by atoms with Gasteiger partial charge in [0, 0.05) is 0 Å². The first-order valence-electron chi connectivity index (χ1n) is 8.68. The number of nitrogens with zero attached hydrogens (tertiary/aromatic N) is 4. The van der Waals surface area contributed by atoms with Gasteiger partial charge in [-0.15, -0.1) is 5.10 Å². The summed E-state index contributed by atoms with van der Waals surface area (Å²) in [6.07, 6.45) is 7.59. The van der Waals surface area contributed by atoms with Gasteiger partial charge >= 0.3 is 0 Å². The van der Waals surface area contributed by atoms with Crippen LogP contribution in [0.4, 0.5) is 0 Å². The van der Waals surface area contributed by atoms with Crippen LogP contribution in [0.5, 0.6) is 0 Å². The van der Waals surface area contributed by atoms with Gasteiger partial charge in [-0.3, -0.25) is 5.01 Å². The van der Waals surface area contributed by atoms with E-state index in [-0.39, 0.29) is 0 Å². The van der Waals surface area contributed by atoms with Crippen LogP contribution in [0.2, 0.25) is 0 Å². The topological polar surface area (TPSA) is 34.0 Å². The number of fused-ring (bicyclic) bond motifs is 1. The molecule has 4 aromatic rings. The van der Waals surface area contributed by atoms with Crippen LogP contribution in [0.25, 0.3) is 16.8 Å².